The number of hydrogen-bond donors (Lipinski definition) is 1. The standard InChI is InChI=1S/C15H15FN4O2S/c1-20-8-10(7-13(20)21)14(22)17-15-19-18-12(23-15)6-9-2-4-11(16)5-3-9/h2-5,10H,6-8H2,1H3,(H,17,19,22)/t10-/m1/s1. The lowest BCUT2D eigenvalue weighted by Crippen LogP contribution is -2.25. The largest absolute Gasteiger partial charge is 0.345 e. The number of carbonyl (C=O) groups is 2. The van der Waals surface area contributed by atoms with Crippen LogP contribution in [0, 0.1) is 11.7 Å². The fourth-order valence-corrected chi connectivity index (χ4v) is 3.18. The number of benzene rings is 1. The summed E-state index contributed by atoms with van der Waals surface area (Å²) in [7, 11) is 1.68. The molecule has 0 radical (unpaired) electrons. The van der Waals surface area contributed by atoms with E-state index in [1.807, 2.05) is 0 Å². The third kappa shape index (κ3) is 3.70. The molecule has 0 bridgehead atoms. The van der Waals surface area contributed by atoms with Gasteiger partial charge in [-0.25, -0.2) is 4.39 Å². The lowest BCUT2D eigenvalue weighted by Gasteiger charge is -2.08. The molecule has 0 saturated carbocycles. The van der Waals surface area contributed by atoms with Crippen LogP contribution in [0.1, 0.15) is 17.0 Å². The fourth-order valence-electron chi connectivity index (χ4n) is 2.40. The normalized spacial score (nSPS) is 17.6. The summed E-state index contributed by atoms with van der Waals surface area (Å²) in [5.74, 6) is -0.876. The molecule has 8 heteroatoms. The molecule has 2 heterocycles. The molecule has 2 amide bonds. The predicted molar refractivity (Wildman–Crippen MR) is 83.5 cm³/mol. The van der Waals surface area contributed by atoms with Crippen molar-refractivity contribution >= 4 is 28.3 Å². The van der Waals surface area contributed by atoms with E-state index in [1.165, 1.54) is 23.5 Å². The molecule has 1 saturated heterocycles. The summed E-state index contributed by atoms with van der Waals surface area (Å²) in [6.45, 7) is 0.423. The van der Waals surface area contributed by atoms with E-state index in [0.29, 0.717) is 18.1 Å². The molecule has 0 unspecified atom stereocenters. The number of hydrogen-bond acceptors (Lipinski definition) is 5. The van der Waals surface area contributed by atoms with Crippen molar-refractivity contribution in [2.24, 2.45) is 5.92 Å². The Hall–Kier alpha value is -2.35. The van der Waals surface area contributed by atoms with Crippen molar-refractivity contribution in [1.82, 2.24) is 15.1 Å². The van der Waals surface area contributed by atoms with Gasteiger partial charge in [0.2, 0.25) is 16.9 Å². The summed E-state index contributed by atoms with van der Waals surface area (Å²) in [4.78, 5) is 25.1. The molecule has 6 nitrogen and oxygen atoms in total. The number of nitrogens with zero attached hydrogens (tertiary/aromatic N) is 3. The maximum Gasteiger partial charge on any atom is 0.231 e. The van der Waals surface area contributed by atoms with Crippen molar-refractivity contribution < 1.29 is 14.0 Å². The molecule has 23 heavy (non-hydrogen) atoms. The zero-order chi connectivity index (χ0) is 16.4. The van der Waals surface area contributed by atoms with E-state index in [0.717, 1.165) is 10.6 Å². The van der Waals surface area contributed by atoms with Crippen molar-refractivity contribution in [2.45, 2.75) is 12.8 Å². The molecule has 0 aliphatic carbocycles. The third-order valence-electron chi connectivity index (χ3n) is 3.68. The van der Waals surface area contributed by atoms with Crippen molar-refractivity contribution in [3.05, 3.63) is 40.7 Å². The van der Waals surface area contributed by atoms with Gasteiger partial charge in [-0.2, -0.15) is 0 Å². The van der Waals surface area contributed by atoms with Gasteiger partial charge < -0.3 is 10.2 Å². The Morgan fingerprint density at radius 2 is 2.13 bits per heavy atom. The van der Waals surface area contributed by atoms with Crippen molar-refractivity contribution in [3.63, 3.8) is 0 Å². The fraction of sp³-hybridized carbons (Fsp3) is 0.333. The van der Waals surface area contributed by atoms with Gasteiger partial charge in [0.05, 0.1) is 5.92 Å². The molecule has 1 N–H and O–H groups in total. The van der Waals surface area contributed by atoms with Crippen LogP contribution in [0.2, 0.25) is 0 Å². The van der Waals surface area contributed by atoms with E-state index in [1.54, 1.807) is 24.1 Å². The van der Waals surface area contributed by atoms with Gasteiger partial charge in [0, 0.05) is 26.4 Å². The minimum absolute atomic E-state index is 0.0283. The van der Waals surface area contributed by atoms with Crippen LogP contribution in [-0.2, 0) is 16.0 Å². The number of amides is 2. The summed E-state index contributed by atoms with van der Waals surface area (Å²) in [6.07, 6.45) is 0.752. The minimum Gasteiger partial charge on any atom is -0.345 e. The Morgan fingerprint density at radius 1 is 1.39 bits per heavy atom. The van der Waals surface area contributed by atoms with Gasteiger partial charge in [-0.3, -0.25) is 9.59 Å². The number of carbonyl (C=O) groups excluding carboxylic acids is 2. The first-order valence-electron chi connectivity index (χ1n) is 7.13. The molecule has 1 aromatic heterocycles. The highest BCUT2D eigenvalue weighted by molar-refractivity contribution is 7.15. The molecule has 2 aromatic rings. The van der Waals surface area contributed by atoms with Crippen LogP contribution in [-0.4, -0.2) is 40.5 Å². The van der Waals surface area contributed by atoms with Gasteiger partial charge >= 0.3 is 0 Å². The Balaban J connectivity index is 1.60. The second-order valence-corrected chi connectivity index (χ2v) is 6.53. The van der Waals surface area contributed by atoms with Crippen LogP contribution in [0.25, 0.3) is 0 Å². The van der Waals surface area contributed by atoms with Crippen LogP contribution < -0.4 is 5.32 Å². The van der Waals surface area contributed by atoms with Gasteiger partial charge in [0.25, 0.3) is 0 Å². The number of likely N-dealkylation sites (tertiary alicyclic amines) is 1. The van der Waals surface area contributed by atoms with E-state index >= 15 is 0 Å². The van der Waals surface area contributed by atoms with Crippen LogP contribution in [0.4, 0.5) is 9.52 Å². The number of nitrogens with one attached hydrogen (secondary N) is 1. The highest BCUT2D eigenvalue weighted by Crippen LogP contribution is 2.22. The Labute approximate surface area is 136 Å². The zero-order valence-electron chi connectivity index (χ0n) is 12.5. The quantitative estimate of drug-likeness (QED) is 0.923. The van der Waals surface area contributed by atoms with E-state index in [4.69, 9.17) is 0 Å². The molecule has 120 valence electrons. The summed E-state index contributed by atoms with van der Waals surface area (Å²) in [5.41, 5.74) is 0.920. The summed E-state index contributed by atoms with van der Waals surface area (Å²) in [5, 5.41) is 11.8. The molecule has 1 atom stereocenters. The van der Waals surface area contributed by atoms with Gasteiger partial charge in [-0.1, -0.05) is 23.5 Å². The van der Waals surface area contributed by atoms with Gasteiger partial charge in [0.15, 0.2) is 0 Å². The van der Waals surface area contributed by atoms with Crippen LogP contribution in [0.3, 0.4) is 0 Å². The average Bonchev–Trinajstić information content (AvgIpc) is 3.09. The molecule has 1 aromatic carbocycles. The Morgan fingerprint density at radius 3 is 2.78 bits per heavy atom. The second kappa shape index (κ2) is 6.41. The SMILES string of the molecule is CN1C[C@H](C(=O)Nc2nnc(Cc3ccc(F)cc3)s2)CC1=O. The van der Waals surface area contributed by atoms with Crippen molar-refractivity contribution in [1.29, 1.82) is 0 Å². The highest BCUT2D eigenvalue weighted by Gasteiger charge is 2.32. The first-order valence-corrected chi connectivity index (χ1v) is 7.94. The molecule has 1 aliphatic heterocycles. The number of aromatic nitrogens is 2. The van der Waals surface area contributed by atoms with Gasteiger partial charge in [-0.05, 0) is 17.7 Å². The highest BCUT2D eigenvalue weighted by atomic mass is 32.1. The number of anilines is 1. The Kier molecular flexibility index (Phi) is 4.33. The first kappa shape index (κ1) is 15.5. The summed E-state index contributed by atoms with van der Waals surface area (Å²) < 4.78 is 12.9. The van der Waals surface area contributed by atoms with Gasteiger partial charge in [0.1, 0.15) is 10.8 Å². The maximum atomic E-state index is 12.9. The number of rotatable bonds is 4. The van der Waals surface area contributed by atoms with Crippen molar-refractivity contribution in [3.8, 4) is 0 Å². The van der Waals surface area contributed by atoms with E-state index in [9.17, 15) is 14.0 Å². The summed E-state index contributed by atoms with van der Waals surface area (Å²) >= 11 is 1.27. The van der Waals surface area contributed by atoms with E-state index in [2.05, 4.69) is 15.5 Å². The first-order chi connectivity index (χ1) is 11.0. The maximum absolute atomic E-state index is 12.9. The van der Waals surface area contributed by atoms with Gasteiger partial charge in [-0.15, -0.1) is 10.2 Å². The smallest absolute Gasteiger partial charge is 0.231 e. The Bertz CT molecular complexity index is 731. The monoisotopic (exact) mass is 334 g/mol. The lowest BCUT2D eigenvalue weighted by atomic mass is 10.1. The molecular formula is C15H15FN4O2S. The predicted octanol–water partition coefficient (Wildman–Crippen LogP) is 1.68. The van der Waals surface area contributed by atoms with E-state index < -0.39 is 0 Å². The summed E-state index contributed by atoms with van der Waals surface area (Å²) in [6, 6.07) is 6.17. The lowest BCUT2D eigenvalue weighted by molar-refractivity contribution is -0.127. The molecule has 0 spiro atoms. The number of halogens is 1. The van der Waals surface area contributed by atoms with Crippen LogP contribution in [0.5, 0.6) is 0 Å². The van der Waals surface area contributed by atoms with Crippen LogP contribution in [0.15, 0.2) is 24.3 Å². The molecule has 1 aliphatic rings. The van der Waals surface area contributed by atoms with Crippen LogP contribution >= 0.6 is 11.3 Å². The topological polar surface area (TPSA) is 75.2 Å². The molecule has 3 rings (SSSR count). The zero-order valence-corrected chi connectivity index (χ0v) is 13.3. The van der Waals surface area contributed by atoms with E-state index in [-0.39, 0.29) is 30.0 Å². The minimum atomic E-state index is -0.350. The second-order valence-electron chi connectivity index (χ2n) is 5.47. The van der Waals surface area contributed by atoms with Crippen molar-refractivity contribution in [2.75, 3.05) is 18.9 Å². The molecular weight excluding hydrogens is 319 g/mol. The average molecular weight is 334 g/mol. The third-order valence-corrected chi connectivity index (χ3v) is 4.52. The molecule has 1 fully saturated rings.